The van der Waals surface area contributed by atoms with Crippen LogP contribution in [0.5, 0.6) is 0 Å². The van der Waals surface area contributed by atoms with Gasteiger partial charge in [0.25, 0.3) is 0 Å². The molecule has 0 aliphatic carbocycles. The Morgan fingerprint density at radius 3 is 2.14 bits per heavy atom. The zero-order chi connectivity index (χ0) is 15.7. The molecule has 0 amide bonds. The summed E-state index contributed by atoms with van der Waals surface area (Å²) in [5.74, 6) is 0. The van der Waals surface area contributed by atoms with Gasteiger partial charge in [-0.05, 0) is 36.6 Å². The molecule has 2 rings (SSSR count). The normalized spacial score (nSPS) is 16.4. The molecule has 1 aromatic carbocycles. The van der Waals surface area contributed by atoms with Gasteiger partial charge < -0.3 is 4.90 Å². The topological polar surface area (TPSA) is 6.48 Å². The Labute approximate surface area is 132 Å². The fraction of sp³-hybridized carbons (Fsp3) is 0.684. The van der Waals surface area contributed by atoms with Gasteiger partial charge >= 0.3 is 0 Å². The molecule has 1 aromatic rings. The molecule has 1 fully saturated rings. The summed E-state index contributed by atoms with van der Waals surface area (Å²) in [6.07, 6.45) is 3.63. The van der Waals surface area contributed by atoms with Crippen LogP contribution in [0.2, 0.25) is 0 Å². The van der Waals surface area contributed by atoms with Gasteiger partial charge in [0.05, 0.1) is 0 Å². The van der Waals surface area contributed by atoms with Crippen LogP contribution in [0.3, 0.4) is 0 Å². The van der Waals surface area contributed by atoms with Gasteiger partial charge in [0.15, 0.2) is 0 Å². The lowest BCUT2D eigenvalue weighted by Crippen LogP contribution is -2.44. The van der Waals surface area contributed by atoms with E-state index >= 15 is 0 Å². The number of benzene rings is 1. The van der Waals surface area contributed by atoms with E-state index in [0.29, 0.717) is 0 Å². The second kappa shape index (κ2) is 9.97. The summed E-state index contributed by atoms with van der Waals surface area (Å²) in [5, 5.41) is 0. The molecule has 0 bridgehead atoms. The van der Waals surface area contributed by atoms with Crippen LogP contribution in [0, 0.1) is 0 Å². The van der Waals surface area contributed by atoms with Crippen LogP contribution in [0.25, 0.3) is 0 Å². The molecular formula is C19H34N2. The number of aryl methyl sites for hydroxylation is 1. The van der Waals surface area contributed by atoms with Crippen LogP contribution in [-0.2, 0) is 19.4 Å². The van der Waals surface area contributed by atoms with Crippen molar-refractivity contribution in [2.75, 3.05) is 33.2 Å². The minimum atomic E-state index is 1.14. The van der Waals surface area contributed by atoms with Gasteiger partial charge in [0, 0.05) is 32.7 Å². The standard InChI is InChI=1S/C17H28N2.C2H6/c1-4-7-17-15(5-2)8-6-9-16(17)14-19-12-10-18(3)11-13-19;1-2/h6,8-9H,4-5,7,10-14H2,1-3H3;1-2H3. The summed E-state index contributed by atoms with van der Waals surface area (Å²) in [4.78, 5) is 5.03. The van der Waals surface area contributed by atoms with E-state index in [2.05, 4.69) is 48.9 Å². The summed E-state index contributed by atoms with van der Waals surface area (Å²) in [6.45, 7) is 14.5. The number of hydrogen-bond donors (Lipinski definition) is 0. The maximum atomic E-state index is 2.61. The monoisotopic (exact) mass is 290 g/mol. The fourth-order valence-corrected chi connectivity index (χ4v) is 2.99. The van der Waals surface area contributed by atoms with Gasteiger partial charge in [-0.15, -0.1) is 0 Å². The second-order valence-electron chi connectivity index (χ2n) is 5.74. The third-order valence-electron chi connectivity index (χ3n) is 4.24. The average Bonchev–Trinajstić information content (AvgIpc) is 2.53. The van der Waals surface area contributed by atoms with Crippen molar-refractivity contribution in [3.63, 3.8) is 0 Å². The molecule has 2 heteroatoms. The maximum absolute atomic E-state index is 2.61. The van der Waals surface area contributed by atoms with Crippen molar-refractivity contribution >= 4 is 0 Å². The first-order valence-electron chi connectivity index (χ1n) is 8.75. The van der Waals surface area contributed by atoms with Gasteiger partial charge in [-0.1, -0.05) is 52.3 Å². The van der Waals surface area contributed by atoms with Crippen LogP contribution in [0.4, 0.5) is 0 Å². The highest BCUT2D eigenvalue weighted by Crippen LogP contribution is 2.20. The largest absolute Gasteiger partial charge is 0.304 e. The number of likely N-dealkylation sites (N-methyl/N-ethyl adjacent to an activating group) is 1. The first-order chi connectivity index (χ1) is 10.2. The Kier molecular flexibility index (Phi) is 8.63. The molecular weight excluding hydrogens is 256 g/mol. The van der Waals surface area contributed by atoms with Gasteiger partial charge in [-0.25, -0.2) is 0 Å². The van der Waals surface area contributed by atoms with Crippen molar-refractivity contribution in [1.29, 1.82) is 0 Å². The van der Waals surface area contributed by atoms with Gasteiger partial charge in [0.2, 0.25) is 0 Å². The molecule has 0 radical (unpaired) electrons. The van der Waals surface area contributed by atoms with Crippen LogP contribution in [0.1, 0.15) is 50.8 Å². The van der Waals surface area contributed by atoms with E-state index in [1.165, 1.54) is 39.0 Å². The summed E-state index contributed by atoms with van der Waals surface area (Å²) in [5.41, 5.74) is 4.73. The van der Waals surface area contributed by atoms with E-state index in [0.717, 1.165) is 13.0 Å². The van der Waals surface area contributed by atoms with Crippen LogP contribution in [-0.4, -0.2) is 43.0 Å². The zero-order valence-corrected chi connectivity index (χ0v) is 14.8. The number of piperazine rings is 1. The highest BCUT2D eigenvalue weighted by Gasteiger charge is 2.15. The molecule has 0 aromatic heterocycles. The average molecular weight is 290 g/mol. The van der Waals surface area contributed by atoms with Crippen molar-refractivity contribution in [3.8, 4) is 0 Å². The van der Waals surface area contributed by atoms with Crippen LogP contribution >= 0.6 is 0 Å². The maximum Gasteiger partial charge on any atom is 0.0237 e. The molecule has 21 heavy (non-hydrogen) atoms. The Balaban J connectivity index is 0.00000106. The van der Waals surface area contributed by atoms with E-state index in [1.54, 1.807) is 16.7 Å². The molecule has 1 saturated heterocycles. The molecule has 0 unspecified atom stereocenters. The van der Waals surface area contributed by atoms with Gasteiger partial charge in [0.1, 0.15) is 0 Å². The molecule has 120 valence electrons. The van der Waals surface area contributed by atoms with Crippen molar-refractivity contribution in [3.05, 3.63) is 34.9 Å². The van der Waals surface area contributed by atoms with E-state index in [-0.39, 0.29) is 0 Å². The van der Waals surface area contributed by atoms with Crippen molar-refractivity contribution in [2.24, 2.45) is 0 Å². The highest BCUT2D eigenvalue weighted by molar-refractivity contribution is 5.35. The highest BCUT2D eigenvalue weighted by atomic mass is 15.2. The summed E-state index contributed by atoms with van der Waals surface area (Å²) < 4.78 is 0. The van der Waals surface area contributed by atoms with E-state index in [9.17, 15) is 0 Å². The lowest BCUT2D eigenvalue weighted by Gasteiger charge is -2.33. The Morgan fingerprint density at radius 1 is 0.952 bits per heavy atom. The van der Waals surface area contributed by atoms with Crippen LogP contribution in [0.15, 0.2) is 18.2 Å². The second-order valence-corrected chi connectivity index (χ2v) is 5.74. The van der Waals surface area contributed by atoms with E-state index < -0.39 is 0 Å². The van der Waals surface area contributed by atoms with Crippen LogP contribution < -0.4 is 0 Å². The quantitative estimate of drug-likeness (QED) is 0.809. The first-order valence-corrected chi connectivity index (χ1v) is 8.75. The Hall–Kier alpha value is -0.860. The van der Waals surface area contributed by atoms with Crippen molar-refractivity contribution < 1.29 is 0 Å². The van der Waals surface area contributed by atoms with E-state index in [4.69, 9.17) is 0 Å². The van der Waals surface area contributed by atoms with Gasteiger partial charge in [-0.2, -0.15) is 0 Å². The Bertz CT molecular complexity index is 393. The molecule has 0 saturated carbocycles. The third-order valence-corrected chi connectivity index (χ3v) is 4.24. The Morgan fingerprint density at radius 2 is 1.57 bits per heavy atom. The fourth-order valence-electron chi connectivity index (χ4n) is 2.99. The molecule has 0 N–H and O–H groups in total. The molecule has 1 heterocycles. The summed E-state index contributed by atoms with van der Waals surface area (Å²) in [7, 11) is 2.22. The molecule has 0 spiro atoms. The smallest absolute Gasteiger partial charge is 0.0237 e. The molecule has 1 aliphatic heterocycles. The SMILES string of the molecule is CC.CCCc1c(CC)cccc1CN1CCN(C)CC1. The summed E-state index contributed by atoms with van der Waals surface area (Å²) in [6, 6.07) is 6.88. The molecule has 0 atom stereocenters. The molecule has 1 aliphatic rings. The number of nitrogens with zero attached hydrogens (tertiary/aromatic N) is 2. The third kappa shape index (κ3) is 5.44. The minimum absolute atomic E-state index is 1.14. The zero-order valence-electron chi connectivity index (χ0n) is 14.8. The van der Waals surface area contributed by atoms with Gasteiger partial charge in [-0.3, -0.25) is 4.90 Å². The lowest BCUT2D eigenvalue weighted by atomic mass is 9.95. The summed E-state index contributed by atoms with van der Waals surface area (Å²) >= 11 is 0. The number of hydrogen-bond acceptors (Lipinski definition) is 2. The minimum Gasteiger partial charge on any atom is -0.304 e. The van der Waals surface area contributed by atoms with Crippen molar-refractivity contribution in [2.45, 2.75) is 53.5 Å². The van der Waals surface area contributed by atoms with Crippen molar-refractivity contribution in [1.82, 2.24) is 9.80 Å². The predicted octanol–water partition coefficient (Wildman–Crippen LogP) is 3.98. The predicted molar refractivity (Wildman–Crippen MR) is 93.9 cm³/mol. The number of rotatable bonds is 5. The first kappa shape index (κ1) is 18.2. The molecule has 2 nitrogen and oxygen atoms in total. The lowest BCUT2D eigenvalue weighted by molar-refractivity contribution is 0.148. The van der Waals surface area contributed by atoms with E-state index in [1.807, 2.05) is 13.8 Å².